The number of nitrogens with one attached hydrogen (secondary N) is 1. The number of rotatable bonds is 7. The number of nitrogens with zero attached hydrogens (tertiary/aromatic N) is 3. The van der Waals surface area contributed by atoms with Crippen LogP contribution in [0.3, 0.4) is 0 Å². The fourth-order valence-corrected chi connectivity index (χ4v) is 5.81. The number of benzene rings is 2. The summed E-state index contributed by atoms with van der Waals surface area (Å²) in [7, 11) is 0. The molecule has 1 amide bonds. The van der Waals surface area contributed by atoms with Crippen LogP contribution in [-0.2, 0) is 0 Å². The van der Waals surface area contributed by atoms with Crippen LogP contribution in [0.4, 0.5) is 4.39 Å². The van der Waals surface area contributed by atoms with E-state index in [9.17, 15) is 9.59 Å². The number of hydrogen-bond donors (Lipinski definition) is 1. The second-order valence-electron chi connectivity index (χ2n) is 10.6. The van der Waals surface area contributed by atoms with Crippen LogP contribution in [-0.4, -0.2) is 52.6 Å². The Morgan fingerprint density at radius 3 is 2.52 bits per heavy atom. The topological polar surface area (TPSA) is 76.5 Å². The summed E-state index contributed by atoms with van der Waals surface area (Å²) < 4.78 is 23.0. The van der Waals surface area contributed by atoms with E-state index in [0.29, 0.717) is 47.6 Å². The molecule has 218 valence electrons. The molecular weight excluding hydrogens is 575 g/mol. The van der Waals surface area contributed by atoms with Crippen LogP contribution < -0.4 is 15.6 Å². The lowest BCUT2D eigenvalue weighted by Crippen LogP contribution is -2.47. The van der Waals surface area contributed by atoms with Crippen molar-refractivity contribution in [1.29, 1.82) is 0 Å². The lowest BCUT2D eigenvalue weighted by molar-refractivity contribution is 0.0735. The number of halogens is 2. The summed E-state index contributed by atoms with van der Waals surface area (Å²) in [6.07, 6.45) is 1.46. The van der Waals surface area contributed by atoms with Crippen molar-refractivity contribution in [3.63, 3.8) is 0 Å². The van der Waals surface area contributed by atoms with Gasteiger partial charge < -0.3 is 15.0 Å². The van der Waals surface area contributed by atoms with Crippen molar-refractivity contribution in [3.8, 4) is 33.3 Å². The van der Waals surface area contributed by atoms with Crippen molar-refractivity contribution >= 4 is 34.9 Å². The van der Waals surface area contributed by atoms with E-state index in [4.69, 9.17) is 21.3 Å². The molecule has 0 unspecified atom stereocenters. The lowest BCUT2D eigenvalue weighted by atomic mass is 10.0. The summed E-state index contributed by atoms with van der Waals surface area (Å²) in [5.41, 5.74) is 2.56. The zero-order chi connectivity index (χ0) is 30.0. The third kappa shape index (κ3) is 6.18. The van der Waals surface area contributed by atoms with Crippen molar-refractivity contribution in [2.24, 2.45) is 0 Å². The van der Waals surface area contributed by atoms with E-state index in [1.807, 2.05) is 45.2 Å². The normalized spacial score (nSPS) is 13.4. The molecule has 1 aliphatic rings. The van der Waals surface area contributed by atoms with E-state index in [-0.39, 0.29) is 34.6 Å². The molecule has 0 spiro atoms. The Morgan fingerprint density at radius 1 is 1.14 bits per heavy atom. The number of amides is 1. The fraction of sp³-hybridized carbons (Fsp3) is 0.281. The van der Waals surface area contributed by atoms with Crippen molar-refractivity contribution in [2.75, 3.05) is 26.2 Å². The summed E-state index contributed by atoms with van der Waals surface area (Å²) in [5, 5.41) is 6.13. The first-order valence-electron chi connectivity index (χ1n) is 13.8. The van der Waals surface area contributed by atoms with Crippen LogP contribution >= 0.6 is 22.9 Å². The van der Waals surface area contributed by atoms with Gasteiger partial charge in [-0.25, -0.2) is 9.37 Å². The molecular formula is C32H32ClFN4O3S. The first-order valence-corrected chi connectivity index (χ1v) is 15.0. The number of ether oxygens (including phenoxy) is 1. The summed E-state index contributed by atoms with van der Waals surface area (Å²) in [6, 6.07) is 13.3. The molecule has 1 saturated heterocycles. The zero-order valence-corrected chi connectivity index (χ0v) is 25.5. The minimum Gasteiger partial charge on any atom is -0.489 e. The minimum absolute atomic E-state index is 0.0469. The number of allylic oxidation sites excluding steroid dienone is 1. The quantitative estimate of drug-likeness (QED) is 0.254. The highest BCUT2D eigenvalue weighted by atomic mass is 35.5. The zero-order valence-electron chi connectivity index (χ0n) is 23.9. The highest BCUT2D eigenvalue weighted by molar-refractivity contribution is 7.13. The van der Waals surface area contributed by atoms with Crippen LogP contribution in [0.5, 0.6) is 5.75 Å². The Balaban J connectivity index is 1.81. The first-order chi connectivity index (χ1) is 20.1. The van der Waals surface area contributed by atoms with Gasteiger partial charge in [0, 0.05) is 42.1 Å². The number of carbonyl (C=O) groups excluding carboxylic acids is 1. The monoisotopic (exact) mass is 606 g/mol. The number of hydrogen-bond acceptors (Lipinski definition) is 6. The molecule has 7 nitrogen and oxygen atoms in total. The Labute approximate surface area is 253 Å². The largest absolute Gasteiger partial charge is 0.489 e. The maximum absolute atomic E-state index is 15.8. The summed E-state index contributed by atoms with van der Waals surface area (Å²) in [5.74, 6) is -0.678. The van der Waals surface area contributed by atoms with Crippen LogP contribution in [0, 0.1) is 5.82 Å². The minimum atomic E-state index is -0.641. The molecule has 0 atom stereocenters. The molecule has 4 aromatic rings. The van der Waals surface area contributed by atoms with E-state index in [1.54, 1.807) is 35.2 Å². The van der Waals surface area contributed by atoms with Gasteiger partial charge >= 0.3 is 0 Å². The third-order valence-corrected chi connectivity index (χ3v) is 7.84. The lowest BCUT2D eigenvalue weighted by Gasteiger charge is -2.29. The molecule has 42 heavy (non-hydrogen) atoms. The molecule has 0 radical (unpaired) electrons. The Bertz CT molecular complexity index is 1700. The van der Waals surface area contributed by atoms with Crippen LogP contribution in [0.1, 0.15) is 43.7 Å². The van der Waals surface area contributed by atoms with E-state index < -0.39 is 11.4 Å². The molecule has 0 saturated carbocycles. The van der Waals surface area contributed by atoms with Crippen molar-refractivity contribution in [1.82, 2.24) is 19.8 Å². The summed E-state index contributed by atoms with van der Waals surface area (Å²) in [4.78, 5) is 35.0. The highest BCUT2D eigenvalue weighted by Crippen LogP contribution is 2.33. The molecule has 5 rings (SSSR count). The third-order valence-electron chi connectivity index (χ3n) is 6.71. The van der Waals surface area contributed by atoms with Crippen molar-refractivity contribution < 1.29 is 13.9 Å². The predicted molar refractivity (Wildman–Crippen MR) is 167 cm³/mol. The van der Waals surface area contributed by atoms with Crippen LogP contribution in [0.2, 0.25) is 5.02 Å². The summed E-state index contributed by atoms with van der Waals surface area (Å²) >= 11 is 7.35. The summed E-state index contributed by atoms with van der Waals surface area (Å²) in [6.45, 7) is 9.75. The predicted octanol–water partition coefficient (Wildman–Crippen LogP) is 6.68. The van der Waals surface area contributed by atoms with Crippen molar-refractivity contribution in [3.05, 3.63) is 91.9 Å². The van der Waals surface area contributed by atoms with E-state index >= 15 is 4.39 Å². The highest BCUT2D eigenvalue weighted by Gasteiger charge is 2.28. The fourth-order valence-electron chi connectivity index (χ4n) is 4.84. The second-order valence-corrected chi connectivity index (χ2v) is 11.9. The van der Waals surface area contributed by atoms with Gasteiger partial charge in [0.05, 0.1) is 28.6 Å². The van der Waals surface area contributed by atoms with E-state index in [0.717, 1.165) is 11.1 Å². The SMILES string of the molecule is CC(C)=Cc1c(C(=O)N2CCNCC2)cc(-c2nc(-c3ccc(Cl)cc3)cs2)c(=O)n1-c1c(F)cccc1OC(C)C. The molecule has 1 aliphatic heterocycles. The standard InChI is InChI=1S/C32H32ClFN4O3S/c1-19(2)16-27-23(31(39)37-14-12-35-13-15-37)17-24(30-36-26(18-42-30)21-8-10-22(33)11-9-21)32(40)38(27)29-25(34)6-5-7-28(29)41-20(3)4/h5-11,16-18,20,35H,12-15H2,1-4H3. The molecule has 0 bridgehead atoms. The molecule has 2 aromatic heterocycles. The smallest absolute Gasteiger partial charge is 0.266 e. The maximum atomic E-state index is 15.8. The first kappa shape index (κ1) is 29.7. The van der Waals surface area contributed by atoms with Gasteiger partial charge in [0.2, 0.25) is 0 Å². The Morgan fingerprint density at radius 2 is 1.86 bits per heavy atom. The van der Waals surface area contributed by atoms with Gasteiger partial charge in [-0.05, 0) is 64.1 Å². The number of carbonyl (C=O) groups is 1. The Kier molecular flexibility index (Phi) is 8.91. The van der Waals surface area contributed by atoms with Gasteiger partial charge in [-0.3, -0.25) is 14.2 Å². The average Bonchev–Trinajstić information content (AvgIpc) is 3.44. The Hall–Kier alpha value is -3.79. The van der Waals surface area contributed by atoms with E-state index in [2.05, 4.69) is 5.32 Å². The molecule has 1 N–H and O–H groups in total. The maximum Gasteiger partial charge on any atom is 0.266 e. The van der Waals surface area contributed by atoms with Gasteiger partial charge in [0.1, 0.15) is 16.4 Å². The van der Waals surface area contributed by atoms with Crippen LogP contribution in [0.25, 0.3) is 33.6 Å². The molecule has 1 fully saturated rings. The second kappa shape index (κ2) is 12.6. The van der Waals surface area contributed by atoms with Crippen LogP contribution in [0.15, 0.2) is 64.3 Å². The number of pyridine rings is 1. The van der Waals surface area contributed by atoms with Gasteiger partial charge in [-0.2, -0.15) is 0 Å². The average molecular weight is 607 g/mol. The number of piperazine rings is 1. The number of para-hydroxylation sites is 1. The van der Waals surface area contributed by atoms with E-state index in [1.165, 1.54) is 28.0 Å². The van der Waals surface area contributed by atoms with Gasteiger partial charge in [-0.1, -0.05) is 35.4 Å². The number of thiazole rings is 1. The molecule has 3 heterocycles. The van der Waals surface area contributed by atoms with Gasteiger partial charge in [0.25, 0.3) is 11.5 Å². The van der Waals surface area contributed by atoms with Crippen molar-refractivity contribution in [2.45, 2.75) is 33.8 Å². The molecule has 0 aliphatic carbocycles. The molecule has 10 heteroatoms. The van der Waals surface area contributed by atoms with Gasteiger partial charge in [-0.15, -0.1) is 11.3 Å². The number of aromatic nitrogens is 2. The van der Waals surface area contributed by atoms with Gasteiger partial charge in [0.15, 0.2) is 5.82 Å². The molecule has 2 aromatic carbocycles.